The summed E-state index contributed by atoms with van der Waals surface area (Å²) in [6, 6.07) is 0. The molecule has 168 valence electrons. The van der Waals surface area contributed by atoms with Crippen molar-refractivity contribution < 1.29 is 19.1 Å². The van der Waals surface area contributed by atoms with E-state index in [2.05, 4.69) is 10.3 Å². The number of H-pyrrole nitrogens is 1. The van der Waals surface area contributed by atoms with Crippen LogP contribution in [0.15, 0.2) is 0 Å². The quantitative estimate of drug-likeness (QED) is 0.593. The number of carbonyl (C=O) groups is 3. The first-order chi connectivity index (χ1) is 14.2. The number of piperidine rings is 1. The maximum Gasteiger partial charge on any atom is 0.355 e. The molecule has 8 nitrogen and oxygen atoms in total. The van der Waals surface area contributed by atoms with E-state index < -0.39 is 0 Å². The van der Waals surface area contributed by atoms with Gasteiger partial charge in [-0.25, -0.2) is 4.79 Å². The summed E-state index contributed by atoms with van der Waals surface area (Å²) in [5.74, 6) is -0.421. The van der Waals surface area contributed by atoms with Gasteiger partial charge < -0.3 is 24.8 Å². The maximum atomic E-state index is 12.8. The van der Waals surface area contributed by atoms with Gasteiger partial charge in [-0.3, -0.25) is 9.59 Å². The molecule has 0 aromatic carbocycles. The Kier molecular flexibility index (Phi) is 8.89. The monoisotopic (exact) mass is 420 g/mol. The lowest BCUT2D eigenvalue weighted by molar-refractivity contribution is -0.135. The van der Waals surface area contributed by atoms with Crippen molar-refractivity contribution in [3.8, 4) is 0 Å². The fourth-order valence-corrected chi connectivity index (χ4v) is 3.93. The van der Waals surface area contributed by atoms with E-state index in [1.54, 1.807) is 6.92 Å². The minimum Gasteiger partial charge on any atom is -0.461 e. The number of nitrogens with one attached hydrogen (secondary N) is 2. The van der Waals surface area contributed by atoms with E-state index in [0.717, 1.165) is 36.2 Å². The lowest BCUT2D eigenvalue weighted by atomic mass is 9.96. The molecular formula is C22H36N4O4. The number of amides is 2. The standard InChI is InChI=1S/C22H36N4O4/c1-6-30-22(29)20-15(2)18(16(3)24-20)9-10-19(27)26-12-7-8-17(14-26)21(28)23-11-13-25(4)5/h17,24H,6-14H2,1-5H3,(H,23,28). The topological polar surface area (TPSA) is 94.7 Å². The van der Waals surface area contributed by atoms with E-state index in [0.29, 0.717) is 44.8 Å². The van der Waals surface area contributed by atoms with Gasteiger partial charge in [0, 0.05) is 38.3 Å². The van der Waals surface area contributed by atoms with Crippen molar-refractivity contribution in [2.45, 2.75) is 46.5 Å². The Balaban J connectivity index is 1.90. The van der Waals surface area contributed by atoms with Gasteiger partial charge >= 0.3 is 5.97 Å². The van der Waals surface area contributed by atoms with E-state index in [1.807, 2.05) is 37.7 Å². The van der Waals surface area contributed by atoms with Gasteiger partial charge in [-0.15, -0.1) is 0 Å². The average molecular weight is 421 g/mol. The first-order valence-electron chi connectivity index (χ1n) is 10.8. The summed E-state index contributed by atoms with van der Waals surface area (Å²) in [6.45, 7) is 8.47. The zero-order valence-electron chi connectivity index (χ0n) is 19.0. The second-order valence-corrected chi connectivity index (χ2v) is 8.22. The number of hydrogen-bond donors (Lipinski definition) is 2. The Morgan fingerprint density at radius 2 is 2.00 bits per heavy atom. The van der Waals surface area contributed by atoms with E-state index >= 15 is 0 Å². The molecular weight excluding hydrogens is 384 g/mol. The first kappa shape index (κ1) is 23.9. The molecule has 2 heterocycles. The summed E-state index contributed by atoms with van der Waals surface area (Å²) in [6.07, 6.45) is 2.57. The third-order valence-electron chi connectivity index (χ3n) is 5.66. The molecule has 1 aromatic rings. The number of likely N-dealkylation sites (tertiary alicyclic amines) is 1. The van der Waals surface area contributed by atoms with Gasteiger partial charge in [0.2, 0.25) is 11.8 Å². The molecule has 1 unspecified atom stereocenters. The number of likely N-dealkylation sites (N-methyl/N-ethyl adjacent to an activating group) is 1. The van der Waals surface area contributed by atoms with Crippen LogP contribution in [-0.4, -0.2) is 79.4 Å². The van der Waals surface area contributed by atoms with Gasteiger partial charge in [0.25, 0.3) is 0 Å². The molecule has 2 amide bonds. The summed E-state index contributed by atoms with van der Waals surface area (Å²) in [7, 11) is 3.94. The minimum absolute atomic E-state index is 0.0331. The smallest absolute Gasteiger partial charge is 0.355 e. The molecule has 1 fully saturated rings. The number of hydrogen-bond acceptors (Lipinski definition) is 5. The highest BCUT2D eigenvalue weighted by molar-refractivity contribution is 5.90. The SMILES string of the molecule is CCOC(=O)c1[nH]c(C)c(CCC(=O)N2CCCC(C(=O)NCCN(C)C)C2)c1C. The number of rotatable bonds is 9. The molecule has 2 rings (SSSR count). The number of aromatic amines is 1. The molecule has 0 radical (unpaired) electrons. The number of aromatic nitrogens is 1. The maximum absolute atomic E-state index is 12.8. The third kappa shape index (κ3) is 6.32. The highest BCUT2D eigenvalue weighted by Gasteiger charge is 2.28. The van der Waals surface area contributed by atoms with E-state index in [9.17, 15) is 14.4 Å². The van der Waals surface area contributed by atoms with Crippen LogP contribution < -0.4 is 5.32 Å². The van der Waals surface area contributed by atoms with E-state index in [4.69, 9.17) is 4.74 Å². The summed E-state index contributed by atoms with van der Waals surface area (Å²) in [5.41, 5.74) is 3.18. The van der Waals surface area contributed by atoms with Crippen molar-refractivity contribution in [2.24, 2.45) is 5.92 Å². The molecule has 30 heavy (non-hydrogen) atoms. The molecule has 8 heteroatoms. The summed E-state index contributed by atoms with van der Waals surface area (Å²) >= 11 is 0. The number of nitrogens with zero attached hydrogens (tertiary/aromatic N) is 2. The van der Waals surface area contributed by atoms with Crippen LogP contribution in [0.1, 0.15) is 53.5 Å². The van der Waals surface area contributed by atoms with Gasteiger partial charge in [0.15, 0.2) is 0 Å². The van der Waals surface area contributed by atoms with E-state index in [1.165, 1.54) is 0 Å². The van der Waals surface area contributed by atoms with Crippen LogP contribution in [0.2, 0.25) is 0 Å². The third-order valence-corrected chi connectivity index (χ3v) is 5.66. The highest BCUT2D eigenvalue weighted by Crippen LogP contribution is 2.22. The second-order valence-electron chi connectivity index (χ2n) is 8.22. The Hall–Kier alpha value is -2.35. The van der Waals surface area contributed by atoms with Gasteiger partial charge in [-0.05, 0) is 65.3 Å². The van der Waals surface area contributed by atoms with Crippen LogP contribution in [0.5, 0.6) is 0 Å². The van der Waals surface area contributed by atoms with Crippen LogP contribution in [0.3, 0.4) is 0 Å². The zero-order valence-corrected chi connectivity index (χ0v) is 19.0. The first-order valence-corrected chi connectivity index (χ1v) is 10.8. The summed E-state index contributed by atoms with van der Waals surface area (Å²) < 4.78 is 5.09. The largest absolute Gasteiger partial charge is 0.461 e. The van der Waals surface area contributed by atoms with Crippen molar-refractivity contribution in [1.82, 2.24) is 20.1 Å². The fraction of sp³-hybridized carbons (Fsp3) is 0.682. The van der Waals surface area contributed by atoms with E-state index in [-0.39, 0.29) is 23.7 Å². The van der Waals surface area contributed by atoms with Crippen molar-refractivity contribution in [3.63, 3.8) is 0 Å². The number of carbonyl (C=O) groups excluding carboxylic acids is 3. The molecule has 1 aliphatic rings. The fourth-order valence-electron chi connectivity index (χ4n) is 3.93. The molecule has 0 saturated carbocycles. The molecule has 0 aliphatic carbocycles. The summed E-state index contributed by atoms with van der Waals surface area (Å²) in [4.78, 5) is 44.2. The van der Waals surface area contributed by atoms with Gasteiger partial charge in [0.1, 0.15) is 5.69 Å². The lowest BCUT2D eigenvalue weighted by Gasteiger charge is -2.32. The molecule has 1 saturated heterocycles. The Morgan fingerprint density at radius 1 is 1.27 bits per heavy atom. The second kappa shape index (κ2) is 11.2. The molecule has 1 aliphatic heterocycles. The van der Waals surface area contributed by atoms with Crippen LogP contribution in [0.4, 0.5) is 0 Å². The van der Waals surface area contributed by atoms with Crippen molar-refractivity contribution in [2.75, 3.05) is 46.9 Å². The lowest BCUT2D eigenvalue weighted by Crippen LogP contribution is -2.46. The van der Waals surface area contributed by atoms with Gasteiger partial charge in [0.05, 0.1) is 12.5 Å². The highest BCUT2D eigenvalue weighted by atomic mass is 16.5. The Labute approximate surface area is 179 Å². The van der Waals surface area contributed by atoms with Crippen LogP contribution in [-0.2, 0) is 20.7 Å². The number of esters is 1. The van der Waals surface area contributed by atoms with Crippen molar-refractivity contribution in [1.29, 1.82) is 0 Å². The number of aryl methyl sites for hydroxylation is 1. The summed E-state index contributed by atoms with van der Waals surface area (Å²) in [5, 5.41) is 2.97. The van der Waals surface area contributed by atoms with Crippen LogP contribution in [0.25, 0.3) is 0 Å². The Morgan fingerprint density at radius 3 is 2.67 bits per heavy atom. The molecule has 1 atom stereocenters. The van der Waals surface area contributed by atoms with Crippen LogP contribution >= 0.6 is 0 Å². The zero-order chi connectivity index (χ0) is 22.3. The number of ether oxygens (including phenoxy) is 1. The normalized spacial score (nSPS) is 16.6. The van der Waals surface area contributed by atoms with Gasteiger partial charge in [-0.2, -0.15) is 0 Å². The molecule has 0 bridgehead atoms. The predicted molar refractivity (Wildman–Crippen MR) is 115 cm³/mol. The molecule has 1 aromatic heterocycles. The molecule has 2 N–H and O–H groups in total. The molecule has 0 spiro atoms. The van der Waals surface area contributed by atoms with Crippen molar-refractivity contribution >= 4 is 17.8 Å². The van der Waals surface area contributed by atoms with Gasteiger partial charge in [-0.1, -0.05) is 0 Å². The average Bonchev–Trinajstić information content (AvgIpc) is 2.99. The minimum atomic E-state index is -0.366. The predicted octanol–water partition coefficient (Wildman–Crippen LogP) is 1.66. The van der Waals surface area contributed by atoms with Crippen LogP contribution in [0, 0.1) is 19.8 Å². The van der Waals surface area contributed by atoms with Crippen molar-refractivity contribution in [3.05, 3.63) is 22.5 Å². The Bertz CT molecular complexity index is 757.